The number of sulfonamides is 1. The summed E-state index contributed by atoms with van der Waals surface area (Å²) in [6, 6.07) is 14.0. The molecule has 2 aromatic carbocycles. The lowest BCUT2D eigenvalue weighted by atomic mass is 10.2. The van der Waals surface area contributed by atoms with Gasteiger partial charge in [0.15, 0.2) is 0 Å². The molecule has 1 N–H and O–H groups in total. The Morgan fingerprint density at radius 1 is 1.11 bits per heavy atom. The standard InChI is InChI=1S/C13H11BrN2O2S/c14-11-7-6-10-9-15-16(13(10)8-11)19(17,18)12-4-2-1-3-5-12/h1-8,15H,9H2. The molecule has 0 atom stereocenters. The van der Waals surface area contributed by atoms with E-state index in [2.05, 4.69) is 21.4 Å². The van der Waals surface area contributed by atoms with Crippen LogP contribution in [0.15, 0.2) is 57.9 Å². The Kier molecular flexibility index (Phi) is 3.08. The summed E-state index contributed by atoms with van der Waals surface area (Å²) < 4.78 is 27.2. The van der Waals surface area contributed by atoms with Gasteiger partial charge in [0.05, 0.1) is 10.6 Å². The first-order valence-electron chi connectivity index (χ1n) is 5.71. The summed E-state index contributed by atoms with van der Waals surface area (Å²) in [6.07, 6.45) is 0. The summed E-state index contributed by atoms with van der Waals surface area (Å²) in [6.45, 7) is 0.509. The van der Waals surface area contributed by atoms with Crippen LogP contribution in [0.1, 0.15) is 5.56 Å². The third-order valence-electron chi connectivity index (χ3n) is 2.96. The number of fused-ring (bicyclic) bond motifs is 1. The number of halogens is 1. The summed E-state index contributed by atoms with van der Waals surface area (Å²) in [5, 5.41) is 0. The van der Waals surface area contributed by atoms with Crippen LogP contribution in [0.4, 0.5) is 5.69 Å². The van der Waals surface area contributed by atoms with Crippen molar-refractivity contribution in [3.05, 3.63) is 58.6 Å². The normalized spacial score (nSPS) is 14.5. The average molecular weight is 339 g/mol. The minimum atomic E-state index is -3.57. The molecule has 19 heavy (non-hydrogen) atoms. The van der Waals surface area contributed by atoms with Crippen molar-refractivity contribution < 1.29 is 8.42 Å². The summed E-state index contributed by atoms with van der Waals surface area (Å²) in [5.41, 5.74) is 4.54. The van der Waals surface area contributed by atoms with Crippen molar-refractivity contribution in [2.75, 3.05) is 4.41 Å². The Morgan fingerprint density at radius 2 is 1.84 bits per heavy atom. The summed E-state index contributed by atoms with van der Waals surface area (Å²) >= 11 is 3.37. The first-order chi connectivity index (χ1) is 9.09. The maximum absolute atomic E-state index is 12.6. The molecule has 4 nitrogen and oxygen atoms in total. The molecule has 6 heteroatoms. The van der Waals surface area contributed by atoms with Crippen molar-refractivity contribution in [1.29, 1.82) is 0 Å². The van der Waals surface area contributed by atoms with Gasteiger partial charge >= 0.3 is 0 Å². The van der Waals surface area contributed by atoms with E-state index in [0.29, 0.717) is 12.2 Å². The van der Waals surface area contributed by atoms with E-state index in [1.165, 1.54) is 4.41 Å². The van der Waals surface area contributed by atoms with Crippen molar-refractivity contribution in [3.8, 4) is 0 Å². The van der Waals surface area contributed by atoms with Crippen LogP contribution in [-0.4, -0.2) is 8.42 Å². The molecule has 3 rings (SSSR count). The van der Waals surface area contributed by atoms with Crippen molar-refractivity contribution in [2.24, 2.45) is 0 Å². The fraction of sp³-hybridized carbons (Fsp3) is 0.0769. The number of benzene rings is 2. The third-order valence-corrected chi connectivity index (χ3v) is 5.13. The highest BCUT2D eigenvalue weighted by molar-refractivity contribution is 9.10. The molecule has 1 aliphatic rings. The average Bonchev–Trinajstić information content (AvgIpc) is 2.83. The third kappa shape index (κ3) is 2.16. The molecule has 0 fully saturated rings. The minimum absolute atomic E-state index is 0.273. The van der Waals surface area contributed by atoms with E-state index in [4.69, 9.17) is 0 Å². The Bertz CT molecular complexity index is 717. The van der Waals surface area contributed by atoms with Crippen molar-refractivity contribution >= 4 is 31.6 Å². The van der Waals surface area contributed by atoms with Crippen LogP contribution in [0.3, 0.4) is 0 Å². The van der Waals surface area contributed by atoms with E-state index < -0.39 is 10.0 Å². The molecule has 0 amide bonds. The van der Waals surface area contributed by atoms with E-state index >= 15 is 0 Å². The van der Waals surface area contributed by atoms with Crippen LogP contribution in [0, 0.1) is 0 Å². The molecular formula is C13H11BrN2O2S. The summed E-state index contributed by atoms with van der Waals surface area (Å²) in [4.78, 5) is 0.273. The van der Waals surface area contributed by atoms with Crippen molar-refractivity contribution in [1.82, 2.24) is 5.43 Å². The van der Waals surface area contributed by atoms with Crippen LogP contribution >= 0.6 is 15.9 Å². The van der Waals surface area contributed by atoms with Gasteiger partial charge in [-0.15, -0.1) is 0 Å². The Labute approximate surface area is 120 Å². The lowest BCUT2D eigenvalue weighted by molar-refractivity contribution is 0.582. The molecule has 0 radical (unpaired) electrons. The Morgan fingerprint density at radius 3 is 2.58 bits per heavy atom. The molecule has 0 saturated heterocycles. The van der Waals surface area contributed by atoms with Gasteiger partial charge in [-0.25, -0.2) is 5.43 Å². The second kappa shape index (κ2) is 4.63. The zero-order valence-corrected chi connectivity index (χ0v) is 12.3. The van der Waals surface area contributed by atoms with Crippen LogP contribution in [-0.2, 0) is 16.6 Å². The second-order valence-corrected chi connectivity index (χ2v) is 6.89. The number of anilines is 1. The van der Waals surface area contributed by atoms with Gasteiger partial charge in [0.25, 0.3) is 10.0 Å². The van der Waals surface area contributed by atoms with E-state index in [0.717, 1.165) is 10.0 Å². The highest BCUT2D eigenvalue weighted by atomic mass is 79.9. The fourth-order valence-electron chi connectivity index (χ4n) is 2.03. The summed E-state index contributed by atoms with van der Waals surface area (Å²) in [5.74, 6) is 0. The zero-order valence-electron chi connectivity index (χ0n) is 9.88. The van der Waals surface area contributed by atoms with Gasteiger partial charge in [0.1, 0.15) is 0 Å². The number of hydrogen-bond acceptors (Lipinski definition) is 3. The highest BCUT2D eigenvalue weighted by Crippen LogP contribution is 2.32. The van der Waals surface area contributed by atoms with Gasteiger partial charge < -0.3 is 0 Å². The highest BCUT2D eigenvalue weighted by Gasteiger charge is 2.30. The maximum atomic E-state index is 12.6. The molecule has 1 aliphatic heterocycles. The van der Waals surface area contributed by atoms with E-state index in [-0.39, 0.29) is 4.90 Å². The smallest absolute Gasteiger partial charge is 0.215 e. The van der Waals surface area contributed by atoms with E-state index in [9.17, 15) is 8.42 Å². The van der Waals surface area contributed by atoms with Gasteiger partial charge in [-0.05, 0) is 29.8 Å². The largest absolute Gasteiger partial charge is 0.277 e. The van der Waals surface area contributed by atoms with Crippen LogP contribution in [0.5, 0.6) is 0 Å². The lowest BCUT2D eigenvalue weighted by Crippen LogP contribution is -2.38. The van der Waals surface area contributed by atoms with E-state index in [1.54, 1.807) is 36.4 Å². The molecule has 1 heterocycles. The molecule has 98 valence electrons. The first-order valence-corrected chi connectivity index (χ1v) is 7.95. The topological polar surface area (TPSA) is 49.4 Å². The quantitative estimate of drug-likeness (QED) is 0.915. The molecule has 0 bridgehead atoms. The van der Waals surface area contributed by atoms with Gasteiger partial charge in [0, 0.05) is 11.0 Å². The lowest BCUT2D eigenvalue weighted by Gasteiger charge is -2.19. The van der Waals surface area contributed by atoms with Crippen molar-refractivity contribution in [3.63, 3.8) is 0 Å². The van der Waals surface area contributed by atoms with Gasteiger partial charge in [-0.3, -0.25) is 0 Å². The van der Waals surface area contributed by atoms with Gasteiger partial charge in [-0.2, -0.15) is 12.8 Å². The number of rotatable bonds is 2. The zero-order chi connectivity index (χ0) is 13.5. The Hall–Kier alpha value is -1.37. The molecule has 0 spiro atoms. The first kappa shape index (κ1) is 12.7. The SMILES string of the molecule is O=S(=O)(c1ccccc1)N1NCc2ccc(Br)cc21. The minimum Gasteiger partial charge on any atom is -0.215 e. The van der Waals surface area contributed by atoms with Crippen LogP contribution in [0.25, 0.3) is 0 Å². The number of hydrogen-bond donors (Lipinski definition) is 1. The van der Waals surface area contributed by atoms with Gasteiger partial charge in [0.2, 0.25) is 0 Å². The second-order valence-electron chi connectivity index (χ2n) is 4.19. The van der Waals surface area contributed by atoms with Crippen LogP contribution < -0.4 is 9.84 Å². The maximum Gasteiger partial charge on any atom is 0.277 e. The predicted octanol–water partition coefficient (Wildman–Crippen LogP) is 2.66. The van der Waals surface area contributed by atoms with E-state index in [1.807, 2.05) is 12.1 Å². The number of nitrogens with one attached hydrogen (secondary N) is 1. The molecular weight excluding hydrogens is 328 g/mol. The fourth-order valence-corrected chi connectivity index (χ4v) is 3.75. The molecule has 0 aromatic heterocycles. The number of hydrazine groups is 1. The van der Waals surface area contributed by atoms with Gasteiger partial charge in [-0.1, -0.05) is 40.2 Å². The van der Waals surface area contributed by atoms with Crippen molar-refractivity contribution in [2.45, 2.75) is 11.4 Å². The molecule has 0 saturated carbocycles. The van der Waals surface area contributed by atoms with Crippen LogP contribution in [0.2, 0.25) is 0 Å². The molecule has 2 aromatic rings. The number of nitrogens with zero attached hydrogens (tertiary/aromatic N) is 1. The monoisotopic (exact) mass is 338 g/mol. The molecule has 0 aliphatic carbocycles. The Balaban J connectivity index is 2.09. The summed E-state index contributed by atoms with van der Waals surface area (Å²) in [7, 11) is -3.57. The predicted molar refractivity (Wildman–Crippen MR) is 77.1 cm³/mol. The molecule has 0 unspecified atom stereocenters.